The van der Waals surface area contributed by atoms with Gasteiger partial charge in [-0.2, -0.15) is 0 Å². The van der Waals surface area contributed by atoms with Crippen molar-refractivity contribution >= 4 is 5.97 Å². The van der Waals surface area contributed by atoms with Crippen LogP contribution < -0.4 is 0 Å². The molecule has 0 N–H and O–H groups in total. The van der Waals surface area contributed by atoms with Crippen LogP contribution in [-0.2, 0) is 11.2 Å². The van der Waals surface area contributed by atoms with Gasteiger partial charge in [0.2, 0.25) is 0 Å². The second-order valence-electron chi connectivity index (χ2n) is 6.88. The van der Waals surface area contributed by atoms with Gasteiger partial charge in [0.25, 0.3) is 0 Å². The Labute approximate surface area is 139 Å². The van der Waals surface area contributed by atoms with E-state index in [-0.39, 0.29) is 5.97 Å². The van der Waals surface area contributed by atoms with Crippen molar-refractivity contribution in [2.24, 2.45) is 0 Å². The first-order valence-electron chi connectivity index (χ1n) is 8.25. The molecule has 2 nitrogen and oxygen atoms in total. The van der Waals surface area contributed by atoms with Crippen LogP contribution in [0.2, 0.25) is 0 Å². The SMILES string of the molecule is CC(C)c1ccccc1C(=O)OC(C)(C)CCc1ccccc1. The monoisotopic (exact) mass is 310 g/mol. The summed E-state index contributed by atoms with van der Waals surface area (Å²) in [6, 6.07) is 18.0. The number of carbonyl (C=O) groups excluding carboxylic acids is 1. The molecule has 0 radical (unpaired) electrons. The summed E-state index contributed by atoms with van der Waals surface area (Å²) < 4.78 is 5.80. The molecule has 0 fully saturated rings. The Kier molecular flexibility index (Phi) is 5.59. The van der Waals surface area contributed by atoms with E-state index in [4.69, 9.17) is 4.74 Å². The maximum absolute atomic E-state index is 12.6. The quantitative estimate of drug-likeness (QED) is 0.670. The average Bonchev–Trinajstić information content (AvgIpc) is 2.53. The Hall–Kier alpha value is -2.09. The van der Waals surface area contributed by atoms with Crippen molar-refractivity contribution in [2.45, 2.75) is 52.1 Å². The molecule has 2 rings (SSSR count). The summed E-state index contributed by atoms with van der Waals surface area (Å²) in [5.41, 5.74) is 2.49. The van der Waals surface area contributed by atoms with Gasteiger partial charge in [-0.3, -0.25) is 0 Å². The van der Waals surface area contributed by atoms with Gasteiger partial charge in [-0.25, -0.2) is 4.79 Å². The third-order valence-corrected chi connectivity index (χ3v) is 4.03. The van der Waals surface area contributed by atoms with Crippen LogP contribution in [0, 0.1) is 0 Å². The highest BCUT2D eigenvalue weighted by Crippen LogP contribution is 2.24. The lowest BCUT2D eigenvalue weighted by atomic mass is 9.96. The van der Waals surface area contributed by atoms with E-state index in [0.717, 1.165) is 18.4 Å². The molecule has 2 aromatic rings. The van der Waals surface area contributed by atoms with Gasteiger partial charge < -0.3 is 4.74 Å². The highest BCUT2D eigenvalue weighted by atomic mass is 16.6. The van der Waals surface area contributed by atoms with Gasteiger partial charge in [0.05, 0.1) is 5.56 Å². The summed E-state index contributed by atoms with van der Waals surface area (Å²) in [5.74, 6) is 0.0681. The third kappa shape index (κ3) is 4.95. The molecular formula is C21H26O2. The molecule has 0 bridgehead atoms. The van der Waals surface area contributed by atoms with Gasteiger partial charge >= 0.3 is 5.97 Å². The largest absolute Gasteiger partial charge is 0.456 e. The lowest BCUT2D eigenvalue weighted by Crippen LogP contribution is -2.29. The minimum absolute atomic E-state index is 0.229. The standard InChI is InChI=1S/C21H26O2/c1-16(2)18-12-8-9-13-19(18)20(22)23-21(3,4)15-14-17-10-6-5-7-11-17/h5-13,16H,14-15H2,1-4H3. The Morgan fingerprint density at radius 3 is 2.26 bits per heavy atom. The summed E-state index contributed by atoms with van der Waals surface area (Å²) >= 11 is 0. The van der Waals surface area contributed by atoms with Crippen molar-refractivity contribution in [1.29, 1.82) is 0 Å². The molecule has 0 saturated heterocycles. The normalized spacial score (nSPS) is 11.5. The summed E-state index contributed by atoms with van der Waals surface area (Å²) in [6.07, 6.45) is 1.69. The topological polar surface area (TPSA) is 26.3 Å². The zero-order chi connectivity index (χ0) is 16.9. The third-order valence-electron chi connectivity index (χ3n) is 4.03. The fourth-order valence-electron chi connectivity index (χ4n) is 2.63. The Morgan fingerprint density at radius 2 is 1.61 bits per heavy atom. The van der Waals surface area contributed by atoms with Crippen LogP contribution in [0.4, 0.5) is 0 Å². The van der Waals surface area contributed by atoms with Crippen molar-refractivity contribution in [3.05, 3.63) is 71.3 Å². The van der Waals surface area contributed by atoms with E-state index in [0.29, 0.717) is 11.5 Å². The molecule has 122 valence electrons. The van der Waals surface area contributed by atoms with E-state index in [1.54, 1.807) is 0 Å². The predicted molar refractivity (Wildman–Crippen MR) is 94.8 cm³/mol. The van der Waals surface area contributed by atoms with Crippen LogP contribution in [0.5, 0.6) is 0 Å². The van der Waals surface area contributed by atoms with E-state index in [9.17, 15) is 4.79 Å². The van der Waals surface area contributed by atoms with Crippen LogP contribution in [0.1, 0.15) is 61.5 Å². The van der Waals surface area contributed by atoms with E-state index in [1.807, 2.05) is 56.3 Å². The summed E-state index contributed by atoms with van der Waals surface area (Å²) in [4.78, 5) is 12.6. The van der Waals surface area contributed by atoms with Gasteiger partial charge in [-0.15, -0.1) is 0 Å². The van der Waals surface area contributed by atoms with E-state index in [1.165, 1.54) is 5.56 Å². The van der Waals surface area contributed by atoms with E-state index in [2.05, 4.69) is 26.0 Å². The highest BCUT2D eigenvalue weighted by Gasteiger charge is 2.25. The zero-order valence-corrected chi connectivity index (χ0v) is 14.5. The summed E-state index contributed by atoms with van der Waals surface area (Å²) in [5, 5.41) is 0. The maximum atomic E-state index is 12.6. The first-order valence-corrected chi connectivity index (χ1v) is 8.25. The molecule has 0 spiro atoms. The predicted octanol–water partition coefficient (Wildman–Crippen LogP) is 5.38. The van der Waals surface area contributed by atoms with Crippen LogP contribution in [0.25, 0.3) is 0 Å². The van der Waals surface area contributed by atoms with Crippen molar-refractivity contribution < 1.29 is 9.53 Å². The molecule has 0 aliphatic heterocycles. The molecular weight excluding hydrogens is 284 g/mol. The number of hydrogen-bond acceptors (Lipinski definition) is 2. The van der Waals surface area contributed by atoms with Crippen molar-refractivity contribution in [3.63, 3.8) is 0 Å². The number of carbonyl (C=O) groups is 1. The van der Waals surface area contributed by atoms with Crippen LogP contribution >= 0.6 is 0 Å². The smallest absolute Gasteiger partial charge is 0.338 e. The van der Waals surface area contributed by atoms with Gasteiger partial charge in [-0.1, -0.05) is 62.4 Å². The summed E-state index contributed by atoms with van der Waals surface area (Å²) in [6.45, 7) is 8.14. The molecule has 0 saturated carbocycles. The number of ether oxygens (including phenoxy) is 1. The number of aryl methyl sites for hydroxylation is 1. The molecule has 0 amide bonds. The van der Waals surface area contributed by atoms with Crippen LogP contribution in [0.15, 0.2) is 54.6 Å². The molecule has 2 heteroatoms. The van der Waals surface area contributed by atoms with E-state index < -0.39 is 5.60 Å². The number of benzene rings is 2. The van der Waals surface area contributed by atoms with Gasteiger partial charge in [-0.05, 0) is 49.8 Å². The second kappa shape index (κ2) is 7.45. The maximum Gasteiger partial charge on any atom is 0.338 e. The lowest BCUT2D eigenvalue weighted by Gasteiger charge is -2.26. The van der Waals surface area contributed by atoms with Gasteiger partial charge in [0.15, 0.2) is 0 Å². The van der Waals surface area contributed by atoms with Crippen LogP contribution in [0.3, 0.4) is 0 Å². The van der Waals surface area contributed by atoms with Crippen LogP contribution in [-0.4, -0.2) is 11.6 Å². The fraction of sp³-hybridized carbons (Fsp3) is 0.381. The molecule has 0 aliphatic rings. The number of hydrogen-bond donors (Lipinski definition) is 0. The second-order valence-corrected chi connectivity index (χ2v) is 6.88. The zero-order valence-electron chi connectivity index (χ0n) is 14.5. The highest BCUT2D eigenvalue weighted by molar-refractivity contribution is 5.91. The lowest BCUT2D eigenvalue weighted by molar-refractivity contribution is -0.00448. The fourth-order valence-corrected chi connectivity index (χ4v) is 2.63. The summed E-state index contributed by atoms with van der Waals surface area (Å²) in [7, 11) is 0. The number of rotatable bonds is 6. The Morgan fingerprint density at radius 1 is 1.00 bits per heavy atom. The number of esters is 1. The molecule has 0 atom stereocenters. The van der Waals surface area contributed by atoms with E-state index >= 15 is 0 Å². The molecule has 0 aromatic heterocycles. The minimum Gasteiger partial charge on any atom is -0.456 e. The first-order chi connectivity index (χ1) is 10.9. The molecule has 0 unspecified atom stereocenters. The molecule has 23 heavy (non-hydrogen) atoms. The Bertz CT molecular complexity index is 642. The first kappa shape index (κ1) is 17.3. The van der Waals surface area contributed by atoms with Crippen molar-refractivity contribution in [2.75, 3.05) is 0 Å². The van der Waals surface area contributed by atoms with Gasteiger partial charge in [0, 0.05) is 0 Å². The molecule has 0 heterocycles. The van der Waals surface area contributed by atoms with Crippen molar-refractivity contribution in [3.8, 4) is 0 Å². The molecule has 0 aliphatic carbocycles. The average molecular weight is 310 g/mol. The van der Waals surface area contributed by atoms with Gasteiger partial charge in [0.1, 0.15) is 5.60 Å². The minimum atomic E-state index is -0.489. The Balaban J connectivity index is 2.04. The molecule has 2 aromatic carbocycles. The van der Waals surface area contributed by atoms with Crippen molar-refractivity contribution in [1.82, 2.24) is 0 Å².